The maximum absolute atomic E-state index is 11.3. The Balaban J connectivity index is 2.32. The van der Waals surface area contributed by atoms with Gasteiger partial charge < -0.3 is 5.32 Å². The molecule has 2 aromatic carbocycles. The number of primary sulfonamides is 1. The van der Waals surface area contributed by atoms with Crippen LogP contribution in [0.1, 0.15) is 24.1 Å². The third-order valence-corrected chi connectivity index (χ3v) is 4.56. The summed E-state index contributed by atoms with van der Waals surface area (Å²) in [6.07, 6.45) is 0. The van der Waals surface area contributed by atoms with Crippen molar-refractivity contribution in [3.63, 3.8) is 0 Å². The molecule has 0 saturated heterocycles. The van der Waals surface area contributed by atoms with E-state index >= 15 is 0 Å². The van der Waals surface area contributed by atoms with Crippen LogP contribution in [0.2, 0.25) is 0 Å². The van der Waals surface area contributed by atoms with Crippen molar-refractivity contribution in [1.29, 1.82) is 5.26 Å². The zero-order valence-electron chi connectivity index (χ0n) is 11.7. The predicted octanol–water partition coefficient (Wildman–Crippen LogP) is 3.14. The molecule has 0 amide bonds. The van der Waals surface area contributed by atoms with Crippen LogP contribution in [0.15, 0.2) is 51.8 Å². The highest BCUT2D eigenvalue weighted by Gasteiger charge is 2.13. The quantitative estimate of drug-likeness (QED) is 0.852. The van der Waals surface area contributed by atoms with Gasteiger partial charge in [0.05, 0.1) is 16.1 Å². The third-order valence-electron chi connectivity index (χ3n) is 3.16. The summed E-state index contributed by atoms with van der Waals surface area (Å²) in [7, 11) is -3.82. The Morgan fingerprint density at radius 2 is 2.00 bits per heavy atom. The number of halogens is 1. The number of hydrogen-bond acceptors (Lipinski definition) is 4. The lowest BCUT2D eigenvalue weighted by molar-refractivity contribution is 0.598. The molecule has 2 aromatic rings. The van der Waals surface area contributed by atoms with Crippen molar-refractivity contribution in [3.05, 3.63) is 58.1 Å². The Bertz CT molecular complexity index is 844. The number of anilines is 1. The van der Waals surface area contributed by atoms with Gasteiger partial charge in [0.15, 0.2) is 0 Å². The number of nitrogens with one attached hydrogen (secondary N) is 1. The van der Waals surface area contributed by atoms with E-state index in [4.69, 9.17) is 5.14 Å². The van der Waals surface area contributed by atoms with E-state index in [2.05, 4.69) is 21.2 Å². The SMILES string of the molecule is CC(Nc1ccc(S(N)(=O)=O)cc1C#N)c1cccc(Br)c1. The molecule has 3 N–H and O–H groups in total. The molecule has 0 radical (unpaired) electrons. The van der Waals surface area contributed by atoms with Crippen LogP contribution >= 0.6 is 15.9 Å². The number of rotatable bonds is 4. The molecule has 0 aliphatic carbocycles. The Kier molecular flexibility index (Phi) is 4.86. The van der Waals surface area contributed by atoms with Gasteiger partial charge in [0.25, 0.3) is 0 Å². The maximum Gasteiger partial charge on any atom is 0.238 e. The van der Waals surface area contributed by atoms with Gasteiger partial charge in [-0.2, -0.15) is 5.26 Å². The van der Waals surface area contributed by atoms with Gasteiger partial charge in [-0.15, -0.1) is 0 Å². The summed E-state index contributed by atoms with van der Waals surface area (Å²) >= 11 is 3.41. The summed E-state index contributed by atoms with van der Waals surface area (Å²) in [6, 6.07) is 13.9. The molecular formula is C15H14BrN3O2S. The summed E-state index contributed by atoms with van der Waals surface area (Å²) < 4.78 is 23.6. The molecule has 5 nitrogen and oxygen atoms in total. The molecule has 1 unspecified atom stereocenters. The molecule has 0 aromatic heterocycles. The minimum atomic E-state index is -3.82. The highest BCUT2D eigenvalue weighted by atomic mass is 79.9. The van der Waals surface area contributed by atoms with Crippen molar-refractivity contribution in [2.24, 2.45) is 5.14 Å². The number of sulfonamides is 1. The van der Waals surface area contributed by atoms with Gasteiger partial charge in [0.2, 0.25) is 10.0 Å². The lowest BCUT2D eigenvalue weighted by Crippen LogP contribution is -2.13. The van der Waals surface area contributed by atoms with E-state index in [-0.39, 0.29) is 16.5 Å². The number of benzene rings is 2. The van der Waals surface area contributed by atoms with Crippen molar-refractivity contribution in [2.75, 3.05) is 5.32 Å². The third kappa shape index (κ3) is 3.85. The van der Waals surface area contributed by atoms with Crippen LogP contribution in [0, 0.1) is 11.3 Å². The summed E-state index contributed by atoms with van der Waals surface area (Å²) in [4.78, 5) is -0.0790. The van der Waals surface area contributed by atoms with Crippen LogP contribution < -0.4 is 10.5 Å². The van der Waals surface area contributed by atoms with Crippen LogP contribution in [0.5, 0.6) is 0 Å². The summed E-state index contributed by atoms with van der Waals surface area (Å²) in [5.74, 6) is 0. The fourth-order valence-corrected chi connectivity index (χ4v) is 2.97. The van der Waals surface area contributed by atoms with Crippen molar-refractivity contribution >= 4 is 31.6 Å². The molecule has 114 valence electrons. The van der Waals surface area contributed by atoms with Gasteiger partial charge in [-0.05, 0) is 42.8 Å². The topological polar surface area (TPSA) is 96.0 Å². The van der Waals surface area contributed by atoms with E-state index in [0.717, 1.165) is 10.0 Å². The number of nitrogens with two attached hydrogens (primary N) is 1. The minimum Gasteiger partial charge on any atom is -0.377 e. The smallest absolute Gasteiger partial charge is 0.238 e. The molecule has 0 aliphatic rings. The first kappa shape index (κ1) is 16.5. The van der Waals surface area contributed by atoms with Gasteiger partial charge in [-0.3, -0.25) is 0 Å². The van der Waals surface area contributed by atoms with Crippen molar-refractivity contribution in [1.82, 2.24) is 0 Å². The van der Waals surface area contributed by atoms with Crippen molar-refractivity contribution in [2.45, 2.75) is 17.9 Å². The monoisotopic (exact) mass is 379 g/mol. The van der Waals surface area contributed by atoms with Crippen LogP contribution in [-0.4, -0.2) is 8.42 Å². The summed E-state index contributed by atoms with van der Waals surface area (Å²) in [5.41, 5.74) is 1.82. The molecule has 1 atom stereocenters. The molecule has 7 heteroatoms. The largest absolute Gasteiger partial charge is 0.377 e. The lowest BCUT2D eigenvalue weighted by atomic mass is 10.1. The standard InChI is InChI=1S/C15H14BrN3O2S/c1-10(11-3-2-4-13(16)7-11)19-15-6-5-14(22(18,20)21)8-12(15)9-17/h2-8,10,19H,1H3,(H2,18,20,21). The Hall–Kier alpha value is -1.88. The highest BCUT2D eigenvalue weighted by molar-refractivity contribution is 9.10. The Labute approximate surface area is 137 Å². The van der Waals surface area contributed by atoms with E-state index in [1.807, 2.05) is 37.3 Å². The van der Waals surface area contributed by atoms with E-state index in [1.165, 1.54) is 12.1 Å². The Morgan fingerprint density at radius 1 is 1.27 bits per heavy atom. The van der Waals surface area contributed by atoms with Gasteiger partial charge in [-0.25, -0.2) is 13.6 Å². The second kappa shape index (κ2) is 6.48. The second-order valence-electron chi connectivity index (χ2n) is 4.79. The number of nitriles is 1. The molecular weight excluding hydrogens is 366 g/mol. The predicted molar refractivity (Wildman–Crippen MR) is 88.7 cm³/mol. The zero-order valence-corrected chi connectivity index (χ0v) is 14.1. The van der Waals surface area contributed by atoms with Gasteiger partial charge in [0.1, 0.15) is 6.07 Å². The minimum absolute atomic E-state index is 0.0510. The van der Waals surface area contributed by atoms with E-state index in [1.54, 1.807) is 6.07 Å². The highest BCUT2D eigenvalue weighted by Crippen LogP contribution is 2.25. The van der Waals surface area contributed by atoms with E-state index < -0.39 is 10.0 Å². The van der Waals surface area contributed by atoms with Crippen molar-refractivity contribution < 1.29 is 8.42 Å². The first-order valence-corrected chi connectivity index (χ1v) is 8.74. The Morgan fingerprint density at radius 3 is 2.59 bits per heavy atom. The zero-order chi connectivity index (χ0) is 16.3. The summed E-state index contributed by atoms with van der Waals surface area (Å²) in [5, 5.41) is 17.5. The first-order valence-electron chi connectivity index (χ1n) is 6.40. The number of nitrogens with zero attached hydrogens (tertiary/aromatic N) is 1. The molecule has 2 rings (SSSR count). The lowest BCUT2D eigenvalue weighted by Gasteiger charge is -2.17. The summed E-state index contributed by atoms with van der Waals surface area (Å²) in [6.45, 7) is 1.95. The van der Waals surface area contributed by atoms with Gasteiger partial charge in [0, 0.05) is 10.5 Å². The van der Waals surface area contributed by atoms with E-state index in [9.17, 15) is 13.7 Å². The second-order valence-corrected chi connectivity index (χ2v) is 7.26. The van der Waals surface area contributed by atoms with Crippen LogP contribution in [0.4, 0.5) is 5.69 Å². The molecule has 0 spiro atoms. The average Bonchev–Trinajstić information content (AvgIpc) is 2.46. The van der Waals surface area contributed by atoms with Crippen LogP contribution in [0.3, 0.4) is 0 Å². The fraction of sp³-hybridized carbons (Fsp3) is 0.133. The maximum atomic E-state index is 11.3. The van der Waals surface area contributed by atoms with Crippen molar-refractivity contribution in [3.8, 4) is 6.07 Å². The normalized spacial score (nSPS) is 12.5. The molecule has 0 heterocycles. The molecule has 0 saturated carbocycles. The van der Waals surface area contributed by atoms with Crippen LogP contribution in [0.25, 0.3) is 0 Å². The molecule has 0 fully saturated rings. The molecule has 0 aliphatic heterocycles. The van der Waals surface area contributed by atoms with Gasteiger partial charge >= 0.3 is 0 Å². The average molecular weight is 380 g/mol. The molecule has 22 heavy (non-hydrogen) atoms. The van der Waals surface area contributed by atoms with Gasteiger partial charge in [-0.1, -0.05) is 28.1 Å². The number of hydrogen-bond donors (Lipinski definition) is 2. The first-order chi connectivity index (χ1) is 10.3. The van der Waals surface area contributed by atoms with Crippen LogP contribution in [-0.2, 0) is 10.0 Å². The molecule has 0 bridgehead atoms. The van der Waals surface area contributed by atoms with E-state index in [0.29, 0.717) is 5.69 Å². The fourth-order valence-electron chi connectivity index (χ4n) is 2.01.